The maximum Gasteiger partial charge on any atom is 0.310 e. The molecule has 39 heavy (non-hydrogen) atoms. The van der Waals surface area contributed by atoms with E-state index in [1.165, 1.54) is 0 Å². The monoisotopic (exact) mass is 568 g/mol. The summed E-state index contributed by atoms with van der Waals surface area (Å²) in [4.78, 5) is 45.5. The number of rotatable bonds is 9. The molecule has 1 N–H and O–H groups in total. The summed E-state index contributed by atoms with van der Waals surface area (Å²) in [5.74, 6) is -2.34. The van der Waals surface area contributed by atoms with E-state index in [2.05, 4.69) is 6.58 Å². The first-order valence-corrected chi connectivity index (χ1v) is 14.6. The highest BCUT2D eigenvalue weighted by Gasteiger charge is 2.75. The maximum absolute atomic E-state index is 14.8. The molecule has 3 saturated heterocycles. The Bertz CT molecular complexity index is 1270. The smallest absolute Gasteiger partial charge is 0.310 e. The molecular weight excluding hydrogens is 536 g/mol. The van der Waals surface area contributed by atoms with Gasteiger partial charge in [0.15, 0.2) is 0 Å². The van der Waals surface area contributed by atoms with Gasteiger partial charge in [-0.15, -0.1) is 18.3 Å². The number of hydrogen-bond acceptors (Lipinski definition) is 6. The number of halogens is 1. The molecule has 2 amide bonds. The van der Waals surface area contributed by atoms with Crippen molar-refractivity contribution in [3.05, 3.63) is 77.3 Å². The number of nitrogens with zero attached hydrogens (tertiary/aromatic N) is 2. The van der Waals surface area contributed by atoms with Gasteiger partial charge in [0.2, 0.25) is 5.91 Å². The predicted octanol–water partition coefficient (Wildman–Crippen LogP) is 4.56. The molecule has 206 valence electrons. The third-order valence-corrected chi connectivity index (χ3v) is 10.5. The van der Waals surface area contributed by atoms with Gasteiger partial charge in [0.05, 0.1) is 46.5 Å². The van der Waals surface area contributed by atoms with E-state index >= 15 is 0 Å². The molecule has 2 aromatic carbocycles. The third-order valence-electron chi connectivity index (χ3n) is 8.26. The van der Waals surface area contributed by atoms with Crippen LogP contribution in [0.15, 0.2) is 61.2 Å². The summed E-state index contributed by atoms with van der Waals surface area (Å²) in [5, 5.41) is 11.0. The SMILES string of the molecule is C=CCN(C(=O)C1N([C@H](CO)c2ccccc2)C(=O)[C@@H]2[C@H](C(=O)OCC)[C@@H]3CCC12S3)c1c(C)cccc1Cl. The van der Waals surface area contributed by atoms with Crippen LogP contribution >= 0.6 is 23.4 Å². The molecule has 2 unspecified atom stereocenters. The Labute approximate surface area is 238 Å². The first-order valence-electron chi connectivity index (χ1n) is 13.3. The van der Waals surface area contributed by atoms with Crippen molar-refractivity contribution in [3.8, 4) is 0 Å². The van der Waals surface area contributed by atoms with Crippen molar-refractivity contribution in [1.29, 1.82) is 0 Å². The molecule has 9 heteroatoms. The van der Waals surface area contributed by atoms with E-state index in [-0.39, 0.29) is 36.8 Å². The number of fused-ring (bicyclic) bond motifs is 1. The number of hydrogen-bond donors (Lipinski definition) is 1. The van der Waals surface area contributed by atoms with Gasteiger partial charge in [-0.1, -0.05) is 60.1 Å². The van der Waals surface area contributed by atoms with E-state index in [4.69, 9.17) is 16.3 Å². The highest BCUT2D eigenvalue weighted by Crippen LogP contribution is 2.67. The van der Waals surface area contributed by atoms with Crippen LogP contribution in [0, 0.1) is 18.8 Å². The molecule has 2 aromatic rings. The van der Waals surface area contributed by atoms with Crippen molar-refractivity contribution in [2.24, 2.45) is 11.8 Å². The molecule has 0 radical (unpaired) electrons. The standard InChI is InChI=1S/C30H33ClN2O5S/c1-4-16-32(25-18(3)10-9-13-20(25)31)28(36)26-30-15-14-22(39-30)23(29(37)38-5-2)24(30)27(35)33(26)21(17-34)19-11-7-6-8-12-19/h4,6-13,21-24,26,34H,1,5,14-17H2,2-3H3/t21-,22+,23-,24+,26?,30?/m1/s1. The topological polar surface area (TPSA) is 87.2 Å². The summed E-state index contributed by atoms with van der Waals surface area (Å²) >= 11 is 8.20. The summed E-state index contributed by atoms with van der Waals surface area (Å²) in [7, 11) is 0. The molecule has 2 bridgehead atoms. The van der Waals surface area contributed by atoms with E-state index in [1.54, 1.807) is 40.6 Å². The number of carbonyl (C=O) groups excluding carboxylic acids is 3. The molecule has 3 heterocycles. The van der Waals surface area contributed by atoms with Crippen LogP contribution in [0.1, 0.15) is 36.9 Å². The zero-order valence-corrected chi connectivity index (χ0v) is 23.7. The number of aliphatic hydroxyl groups is 1. The van der Waals surface area contributed by atoms with Crippen LogP contribution in [0.2, 0.25) is 5.02 Å². The van der Waals surface area contributed by atoms with Crippen molar-refractivity contribution in [3.63, 3.8) is 0 Å². The number of thioether (sulfide) groups is 1. The van der Waals surface area contributed by atoms with Crippen LogP contribution in [0.25, 0.3) is 0 Å². The molecule has 1 spiro atoms. The molecule has 0 aliphatic carbocycles. The van der Waals surface area contributed by atoms with Gasteiger partial charge in [-0.25, -0.2) is 0 Å². The van der Waals surface area contributed by atoms with Crippen molar-refractivity contribution >= 4 is 46.8 Å². The highest BCUT2D eigenvalue weighted by atomic mass is 35.5. The number of esters is 1. The van der Waals surface area contributed by atoms with Gasteiger partial charge in [0, 0.05) is 11.8 Å². The predicted molar refractivity (Wildman–Crippen MR) is 153 cm³/mol. The minimum Gasteiger partial charge on any atom is -0.466 e. The van der Waals surface area contributed by atoms with Gasteiger partial charge >= 0.3 is 5.97 Å². The van der Waals surface area contributed by atoms with Crippen LogP contribution in [-0.2, 0) is 19.1 Å². The van der Waals surface area contributed by atoms with Crippen LogP contribution < -0.4 is 4.90 Å². The quantitative estimate of drug-likeness (QED) is 0.353. The lowest BCUT2D eigenvalue weighted by Crippen LogP contribution is -2.56. The Hall–Kier alpha value is -2.81. The van der Waals surface area contributed by atoms with Gasteiger partial charge < -0.3 is 19.6 Å². The van der Waals surface area contributed by atoms with Crippen molar-refractivity contribution in [2.75, 3.05) is 24.7 Å². The lowest BCUT2D eigenvalue weighted by molar-refractivity contribution is -0.154. The number of carbonyl (C=O) groups is 3. The van der Waals surface area contributed by atoms with Crippen molar-refractivity contribution in [1.82, 2.24) is 4.90 Å². The largest absolute Gasteiger partial charge is 0.466 e. The van der Waals surface area contributed by atoms with Crippen LogP contribution in [0.3, 0.4) is 0 Å². The summed E-state index contributed by atoms with van der Waals surface area (Å²) in [6, 6.07) is 13.0. The number of aryl methyl sites for hydroxylation is 1. The first-order chi connectivity index (χ1) is 18.8. The Morgan fingerprint density at radius 2 is 2.03 bits per heavy atom. The highest BCUT2D eigenvalue weighted by molar-refractivity contribution is 8.02. The first kappa shape index (κ1) is 27.7. The minimum atomic E-state index is -0.919. The van der Waals surface area contributed by atoms with E-state index in [0.29, 0.717) is 23.6 Å². The average molecular weight is 569 g/mol. The fourth-order valence-electron chi connectivity index (χ4n) is 6.78. The summed E-state index contributed by atoms with van der Waals surface area (Å²) in [6.45, 7) is 7.54. The Balaban J connectivity index is 1.67. The van der Waals surface area contributed by atoms with E-state index < -0.39 is 34.6 Å². The maximum atomic E-state index is 14.8. The zero-order chi connectivity index (χ0) is 27.9. The second-order valence-electron chi connectivity index (χ2n) is 10.3. The van der Waals surface area contributed by atoms with E-state index in [0.717, 1.165) is 11.1 Å². The second kappa shape index (κ2) is 11.0. The number of benzene rings is 2. The molecule has 0 aromatic heterocycles. The number of para-hydroxylation sites is 1. The fraction of sp³-hybridized carbons (Fsp3) is 0.433. The Morgan fingerprint density at radius 3 is 2.67 bits per heavy atom. The van der Waals surface area contributed by atoms with Gasteiger partial charge in [-0.2, -0.15) is 0 Å². The number of anilines is 1. The van der Waals surface area contributed by atoms with Gasteiger partial charge in [-0.05, 0) is 43.9 Å². The minimum absolute atomic E-state index is 0.102. The lowest BCUT2D eigenvalue weighted by atomic mass is 9.71. The van der Waals surface area contributed by atoms with E-state index in [1.807, 2.05) is 49.4 Å². The van der Waals surface area contributed by atoms with Crippen molar-refractivity contribution < 1.29 is 24.2 Å². The van der Waals surface area contributed by atoms with Crippen molar-refractivity contribution in [2.45, 2.75) is 48.8 Å². The zero-order valence-electron chi connectivity index (χ0n) is 22.1. The fourth-order valence-corrected chi connectivity index (χ4v) is 9.29. The summed E-state index contributed by atoms with van der Waals surface area (Å²) in [5.41, 5.74) is 2.10. The number of amides is 2. The Kier molecular flexibility index (Phi) is 7.82. The van der Waals surface area contributed by atoms with Gasteiger partial charge in [0.25, 0.3) is 5.91 Å². The van der Waals surface area contributed by atoms with Crippen LogP contribution in [0.5, 0.6) is 0 Å². The van der Waals surface area contributed by atoms with Gasteiger partial charge in [-0.3, -0.25) is 14.4 Å². The number of likely N-dealkylation sites (tertiary alicyclic amines) is 1. The summed E-state index contributed by atoms with van der Waals surface area (Å²) < 4.78 is 4.60. The molecule has 6 atom stereocenters. The molecule has 0 saturated carbocycles. The normalized spacial score (nSPS) is 27.8. The Morgan fingerprint density at radius 1 is 1.28 bits per heavy atom. The lowest BCUT2D eigenvalue weighted by Gasteiger charge is -2.40. The summed E-state index contributed by atoms with van der Waals surface area (Å²) in [6.07, 6.45) is 2.95. The number of aliphatic hydroxyl groups excluding tert-OH is 1. The molecule has 5 rings (SSSR count). The van der Waals surface area contributed by atoms with Gasteiger partial charge in [0.1, 0.15) is 6.04 Å². The van der Waals surface area contributed by atoms with E-state index in [9.17, 15) is 19.5 Å². The van der Waals surface area contributed by atoms with Crippen LogP contribution in [0.4, 0.5) is 5.69 Å². The number of ether oxygens (including phenoxy) is 1. The molecule has 3 aliphatic rings. The molecule has 3 fully saturated rings. The molecule has 7 nitrogen and oxygen atoms in total. The van der Waals surface area contributed by atoms with Crippen LogP contribution in [-0.4, -0.2) is 63.6 Å². The third kappa shape index (κ3) is 4.37. The average Bonchev–Trinajstić information content (AvgIpc) is 3.57. The molecule has 3 aliphatic heterocycles. The molecular formula is C30H33ClN2O5S. The second-order valence-corrected chi connectivity index (χ2v) is 12.3.